The van der Waals surface area contributed by atoms with Gasteiger partial charge in [0, 0.05) is 5.39 Å². The Morgan fingerprint density at radius 3 is 2.37 bits per heavy atom. The molecule has 0 aliphatic carbocycles. The fourth-order valence-electron chi connectivity index (χ4n) is 2.38. The van der Waals surface area contributed by atoms with Crippen LogP contribution in [-0.4, -0.2) is 7.11 Å². The molecular weight excluding hydrogens is 300 g/mol. The van der Waals surface area contributed by atoms with E-state index in [-0.39, 0.29) is 0 Å². The lowest BCUT2D eigenvalue weighted by Gasteiger charge is -2.12. The molecule has 0 unspecified atom stereocenters. The Balaban J connectivity index is 2.40. The van der Waals surface area contributed by atoms with E-state index in [0.29, 0.717) is 0 Å². The number of benzene rings is 3. The first-order chi connectivity index (χ1) is 9.31. The quantitative estimate of drug-likeness (QED) is 0.625. The van der Waals surface area contributed by atoms with E-state index in [9.17, 15) is 0 Å². The molecule has 0 aromatic heterocycles. The van der Waals surface area contributed by atoms with E-state index in [0.717, 1.165) is 15.6 Å². The smallest absolute Gasteiger partial charge is 0.141 e. The minimum Gasteiger partial charge on any atom is -0.495 e. The molecule has 19 heavy (non-hydrogen) atoms. The molecule has 3 aromatic rings. The molecule has 0 heterocycles. The molecule has 0 atom stereocenters. The Morgan fingerprint density at radius 2 is 1.63 bits per heavy atom. The van der Waals surface area contributed by atoms with Gasteiger partial charge >= 0.3 is 0 Å². The fraction of sp³-hybridized carbons (Fsp3) is 0.0588. The van der Waals surface area contributed by atoms with Crippen LogP contribution in [0.15, 0.2) is 65.1 Å². The molecule has 3 aromatic carbocycles. The summed E-state index contributed by atoms with van der Waals surface area (Å²) >= 11 is 3.56. The molecular formula is C17H13BrO. The number of methoxy groups -OCH3 is 1. The molecule has 94 valence electrons. The maximum atomic E-state index is 5.57. The lowest BCUT2D eigenvalue weighted by Crippen LogP contribution is -1.89. The predicted molar refractivity (Wildman–Crippen MR) is 83.6 cm³/mol. The SMILES string of the molecule is COc1c(Br)ccc2cccc(-c3ccccc3)c12. The van der Waals surface area contributed by atoms with Crippen LogP contribution in [-0.2, 0) is 0 Å². The first kappa shape index (κ1) is 12.2. The molecule has 0 fully saturated rings. The number of fused-ring (bicyclic) bond motifs is 1. The van der Waals surface area contributed by atoms with Gasteiger partial charge in [-0.05, 0) is 38.5 Å². The van der Waals surface area contributed by atoms with Crippen LogP contribution < -0.4 is 4.74 Å². The zero-order valence-electron chi connectivity index (χ0n) is 10.6. The number of rotatable bonds is 2. The maximum absolute atomic E-state index is 5.57. The van der Waals surface area contributed by atoms with Crippen molar-refractivity contribution in [1.82, 2.24) is 0 Å². The van der Waals surface area contributed by atoms with E-state index >= 15 is 0 Å². The molecule has 0 aliphatic heterocycles. The second-order valence-electron chi connectivity index (χ2n) is 4.35. The van der Waals surface area contributed by atoms with Crippen molar-refractivity contribution in [3.8, 4) is 16.9 Å². The Hall–Kier alpha value is -1.80. The second kappa shape index (κ2) is 5.06. The van der Waals surface area contributed by atoms with Gasteiger partial charge in [-0.2, -0.15) is 0 Å². The van der Waals surface area contributed by atoms with Crippen LogP contribution in [0.5, 0.6) is 5.75 Å². The highest BCUT2D eigenvalue weighted by atomic mass is 79.9. The molecule has 0 radical (unpaired) electrons. The van der Waals surface area contributed by atoms with E-state index in [1.807, 2.05) is 12.1 Å². The van der Waals surface area contributed by atoms with Gasteiger partial charge in [0.2, 0.25) is 0 Å². The predicted octanol–water partition coefficient (Wildman–Crippen LogP) is 5.28. The van der Waals surface area contributed by atoms with Gasteiger partial charge in [-0.15, -0.1) is 0 Å². The van der Waals surface area contributed by atoms with Crippen LogP contribution in [0.25, 0.3) is 21.9 Å². The van der Waals surface area contributed by atoms with Crippen LogP contribution in [0, 0.1) is 0 Å². The third-order valence-electron chi connectivity index (χ3n) is 3.24. The molecule has 0 saturated carbocycles. The minimum atomic E-state index is 0.886. The molecule has 2 heteroatoms. The van der Waals surface area contributed by atoms with Gasteiger partial charge in [0.1, 0.15) is 5.75 Å². The zero-order chi connectivity index (χ0) is 13.2. The summed E-state index contributed by atoms with van der Waals surface area (Å²) in [5, 5.41) is 2.33. The molecule has 3 rings (SSSR count). The summed E-state index contributed by atoms with van der Waals surface area (Å²) in [6.07, 6.45) is 0. The first-order valence-electron chi connectivity index (χ1n) is 6.12. The number of ether oxygens (including phenoxy) is 1. The van der Waals surface area contributed by atoms with Crippen molar-refractivity contribution < 1.29 is 4.74 Å². The van der Waals surface area contributed by atoms with Gasteiger partial charge < -0.3 is 4.74 Å². The van der Waals surface area contributed by atoms with Crippen molar-refractivity contribution in [3.63, 3.8) is 0 Å². The molecule has 0 N–H and O–H groups in total. The van der Waals surface area contributed by atoms with Crippen molar-refractivity contribution in [2.45, 2.75) is 0 Å². The molecule has 0 saturated heterocycles. The number of halogens is 1. The van der Waals surface area contributed by atoms with E-state index in [1.54, 1.807) is 7.11 Å². The summed E-state index contributed by atoms with van der Waals surface area (Å²) in [6, 6.07) is 20.8. The zero-order valence-corrected chi connectivity index (χ0v) is 12.1. The molecule has 1 nitrogen and oxygen atoms in total. The topological polar surface area (TPSA) is 9.23 Å². The molecule has 0 spiro atoms. The van der Waals surface area contributed by atoms with Gasteiger partial charge in [-0.25, -0.2) is 0 Å². The van der Waals surface area contributed by atoms with Gasteiger partial charge in [-0.1, -0.05) is 54.6 Å². The normalized spacial score (nSPS) is 10.6. The van der Waals surface area contributed by atoms with Crippen LogP contribution in [0.3, 0.4) is 0 Å². The van der Waals surface area contributed by atoms with E-state index in [2.05, 4.69) is 64.5 Å². The summed E-state index contributed by atoms with van der Waals surface area (Å²) in [5.41, 5.74) is 2.39. The summed E-state index contributed by atoms with van der Waals surface area (Å²) in [7, 11) is 1.71. The van der Waals surface area contributed by atoms with Crippen LogP contribution in [0.4, 0.5) is 0 Å². The number of hydrogen-bond donors (Lipinski definition) is 0. The second-order valence-corrected chi connectivity index (χ2v) is 5.20. The Morgan fingerprint density at radius 1 is 0.842 bits per heavy atom. The summed E-state index contributed by atoms with van der Waals surface area (Å²) in [5.74, 6) is 0.886. The van der Waals surface area contributed by atoms with Crippen molar-refractivity contribution in [2.75, 3.05) is 7.11 Å². The standard InChI is InChI=1S/C17H13BrO/c1-19-17-15(18)11-10-13-8-5-9-14(16(13)17)12-6-3-2-4-7-12/h2-11H,1H3. The van der Waals surface area contributed by atoms with Crippen LogP contribution in [0.2, 0.25) is 0 Å². The van der Waals surface area contributed by atoms with Gasteiger partial charge in [0.05, 0.1) is 11.6 Å². The van der Waals surface area contributed by atoms with E-state index in [1.165, 1.54) is 16.5 Å². The highest BCUT2D eigenvalue weighted by Crippen LogP contribution is 2.39. The van der Waals surface area contributed by atoms with Gasteiger partial charge in [0.15, 0.2) is 0 Å². The molecule has 0 bridgehead atoms. The van der Waals surface area contributed by atoms with E-state index < -0.39 is 0 Å². The van der Waals surface area contributed by atoms with Gasteiger partial charge in [-0.3, -0.25) is 0 Å². The molecule has 0 aliphatic rings. The highest BCUT2D eigenvalue weighted by molar-refractivity contribution is 9.10. The van der Waals surface area contributed by atoms with Crippen molar-refractivity contribution in [2.24, 2.45) is 0 Å². The lowest BCUT2D eigenvalue weighted by molar-refractivity contribution is 0.417. The summed E-state index contributed by atoms with van der Waals surface area (Å²) in [6.45, 7) is 0. The third-order valence-corrected chi connectivity index (χ3v) is 3.86. The van der Waals surface area contributed by atoms with Crippen molar-refractivity contribution in [1.29, 1.82) is 0 Å². The van der Waals surface area contributed by atoms with E-state index in [4.69, 9.17) is 4.74 Å². The van der Waals surface area contributed by atoms with Crippen LogP contribution >= 0.6 is 15.9 Å². The third kappa shape index (κ3) is 2.13. The average Bonchev–Trinajstić information content (AvgIpc) is 2.47. The fourth-order valence-corrected chi connectivity index (χ4v) is 2.87. The minimum absolute atomic E-state index is 0.886. The Kier molecular flexibility index (Phi) is 3.26. The first-order valence-corrected chi connectivity index (χ1v) is 6.91. The largest absolute Gasteiger partial charge is 0.495 e. The monoisotopic (exact) mass is 312 g/mol. The Labute approximate surface area is 121 Å². The number of hydrogen-bond acceptors (Lipinski definition) is 1. The Bertz CT molecular complexity index is 720. The average molecular weight is 313 g/mol. The van der Waals surface area contributed by atoms with Crippen molar-refractivity contribution in [3.05, 3.63) is 65.1 Å². The summed E-state index contributed by atoms with van der Waals surface area (Å²) < 4.78 is 6.55. The van der Waals surface area contributed by atoms with Gasteiger partial charge in [0.25, 0.3) is 0 Å². The highest BCUT2D eigenvalue weighted by Gasteiger charge is 2.11. The van der Waals surface area contributed by atoms with Crippen molar-refractivity contribution >= 4 is 26.7 Å². The maximum Gasteiger partial charge on any atom is 0.141 e. The van der Waals surface area contributed by atoms with Crippen LogP contribution in [0.1, 0.15) is 0 Å². The summed E-state index contributed by atoms with van der Waals surface area (Å²) in [4.78, 5) is 0. The molecule has 0 amide bonds. The lowest BCUT2D eigenvalue weighted by atomic mass is 9.98.